The van der Waals surface area contributed by atoms with Crippen LogP contribution in [0.2, 0.25) is 5.02 Å². The van der Waals surface area contributed by atoms with Crippen molar-refractivity contribution in [1.29, 1.82) is 0 Å². The highest BCUT2D eigenvalue weighted by Gasteiger charge is 2.20. The Morgan fingerprint density at radius 2 is 1.96 bits per heavy atom. The number of hydrogen-bond acceptors (Lipinski definition) is 5. The van der Waals surface area contributed by atoms with Gasteiger partial charge in [0.05, 0.1) is 17.2 Å². The molecule has 0 aliphatic carbocycles. The third-order valence-electron chi connectivity index (χ3n) is 3.88. The molecule has 0 aliphatic rings. The number of carbonyl (C=O) groups excluding carboxylic acids is 2. The van der Waals surface area contributed by atoms with Crippen molar-refractivity contribution < 1.29 is 14.5 Å². The summed E-state index contributed by atoms with van der Waals surface area (Å²) in [5, 5.41) is 14.3. The maximum absolute atomic E-state index is 12.4. The number of nitro groups is 1. The molecule has 0 saturated heterocycles. The highest BCUT2D eigenvalue weighted by Crippen LogP contribution is 2.19. The standard InChI is InChI=1S/C17H17ClN4O5/c1-2-14(10-3-5-11(18)6-4-10)20-15(23)9-21-8-12(22(26)27)7-13(16(19)24)17(21)25/h3-8,14H,2,9H2,1H3,(H2,19,24)(H,20,23). The second-order valence-electron chi connectivity index (χ2n) is 5.75. The molecule has 10 heteroatoms. The minimum absolute atomic E-state index is 0.334. The third kappa shape index (κ3) is 4.91. The first-order chi connectivity index (χ1) is 12.7. The highest BCUT2D eigenvalue weighted by molar-refractivity contribution is 6.30. The Hall–Kier alpha value is -3.20. The number of hydrogen-bond donors (Lipinski definition) is 2. The summed E-state index contributed by atoms with van der Waals surface area (Å²) in [5.41, 5.74) is 3.97. The molecule has 1 aromatic heterocycles. The third-order valence-corrected chi connectivity index (χ3v) is 4.13. The fraction of sp³-hybridized carbons (Fsp3) is 0.235. The van der Waals surface area contributed by atoms with E-state index in [0.717, 1.165) is 22.4 Å². The van der Waals surface area contributed by atoms with Crippen LogP contribution in [-0.4, -0.2) is 21.3 Å². The summed E-state index contributed by atoms with van der Waals surface area (Å²) in [5.74, 6) is -1.65. The van der Waals surface area contributed by atoms with Gasteiger partial charge in [0.15, 0.2) is 0 Å². The largest absolute Gasteiger partial charge is 0.365 e. The molecule has 27 heavy (non-hydrogen) atoms. The molecular formula is C17H17ClN4O5. The maximum atomic E-state index is 12.4. The Labute approximate surface area is 158 Å². The van der Waals surface area contributed by atoms with E-state index in [1.54, 1.807) is 24.3 Å². The Morgan fingerprint density at radius 1 is 1.33 bits per heavy atom. The lowest BCUT2D eigenvalue weighted by Gasteiger charge is -2.18. The number of carbonyl (C=O) groups is 2. The Kier molecular flexibility index (Phi) is 6.30. The smallest absolute Gasteiger partial charge is 0.286 e. The molecule has 1 atom stereocenters. The first kappa shape index (κ1) is 20.1. The predicted octanol–water partition coefficient (Wildman–Crippen LogP) is 1.78. The first-order valence-corrected chi connectivity index (χ1v) is 8.34. The fourth-order valence-electron chi connectivity index (χ4n) is 2.52. The van der Waals surface area contributed by atoms with Crippen molar-refractivity contribution in [2.75, 3.05) is 0 Å². The summed E-state index contributed by atoms with van der Waals surface area (Å²) >= 11 is 5.85. The summed E-state index contributed by atoms with van der Waals surface area (Å²) in [6.45, 7) is 1.37. The summed E-state index contributed by atoms with van der Waals surface area (Å²) in [6, 6.07) is 7.37. The average Bonchev–Trinajstić information content (AvgIpc) is 2.61. The van der Waals surface area contributed by atoms with Crippen LogP contribution in [0.15, 0.2) is 41.3 Å². The van der Waals surface area contributed by atoms with Gasteiger partial charge in [0.1, 0.15) is 12.1 Å². The van der Waals surface area contributed by atoms with E-state index >= 15 is 0 Å². The van der Waals surface area contributed by atoms with Crippen LogP contribution in [0.3, 0.4) is 0 Å². The molecule has 2 amide bonds. The second kappa shape index (κ2) is 8.45. The highest BCUT2D eigenvalue weighted by atomic mass is 35.5. The minimum Gasteiger partial charge on any atom is -0.365 e. The minimum atomic E-state index is -1.11. The lowest BCUT2D eigenvalue weighted by atomic mass is 10.0. The topological polar surface area (TPSA) is 137 Å². The lowest BCUT2D eigenvalue weighted by Crippen LogP contribution is -2.36. The monoisotopic (exact) mass is 392 g/mol. The number of rotatable bonds is 7. The number of amides is 2. The van der Waals surface area contributed by atoms with Crippen LogP contribution in [0, 0.1) is 10.1 Å². The quantitative estimate of drug-likeness (QED) is 0.546. The number of aromatic nitrogens is 1. The van der Waals surface area contributed by atoms with Crippen LogP contribution in [0.4, 0.5) is 5.69 Å². The van der Waals surface area contributed by atoms with E-state index in [2.05, 4.69) is 5.32 Å². The molecule has 3 N–H and O–H groups in total. The average molecular weight is 393 g/mol. The molecule has 9 nitrogen and oxygen atoms in total. The summed E-state index contributed by atoms with van der Waals surface area (Å²) < 4.78 is 0.794. The van der Waals surface area contributed by atoms with Gasteiger partial charge in [-0.05, 0) is 24.1 Å². The van der Waals surface area contributed by atoms with Crippen molar-refractivity contribution in [2.24, 2.45) is 5.73 Å². The molecule has 142 valence electrons. The molecule has 1 heterocycles. The predicted molar refractivity (Wildman–Crippen MR) is 98.5 cm³/mol. The zero-order valence-electron chi connectivity index (χ0n) is 14.3. The van der Waals surface area contributed by atoms with E-state index in [4.69, 9.17) is 17.3 Å². The second-order valence-corrected chi connectivity index (χ2v) is 6.18. The molecule has 0 fully saturated rings. The number of benzene rings is 1. The first-order valence-electron chi connectivity index (χ1n) is 7.96. The van der Waals surface area contributed by atoms with Crippen LogP contribution in [-0.2, 0) is 11.3 Å². The summed E-state index contributed by atoms with van der Waals surface area (Å²) in [6.07, 6.45) is 1.47. The Morgan fingerprint density at radius 3 is 2.48 bits per heavy atom. The SMILES string of the molecule is CCC(NC(=O)Cn1cc([N+](=O)[O-])cc(C(N)=O)c1=O)c1ccc(Cl)cc1. The number of pyridine rings is 1. The maximum Gasteiger partial charge on any atom is 0.286 e. The van der Waals surface area contributed by atoms with Crippen LogP contribution in [0.5, 0.6) is 0 Å². The van der Waals surface area contributed by atoms with E-state index in [9.17, 15) is 24.5 Å². The van der Waals surface area contributed by atoms with Gasteiger partial charge in [0.2, 0.25) is 5.91 Å². The molecule has 2 aromatic rings. The fourth-order valence-corrected chi connectivity index (χ4v) is 2.65. The molecule has 0 spiro atoms. The van der Waals surface area contributed by atoms with Gasteiger partial charge in [-0.1, -0.05) is 30.7 Å². The van der Waals surface area contributed by atoms with Crippen molar-refractivity contribution >= 4 is 29.1 Å². The molecule has 2 rings (SSSR count). The van der Waals surface area contributed by atoms with Crippen molar-refractivity contribution in [3.05, 3.63) is 73.1 Å². The summed E-state index contributed by atoms with van der Waals surface area (Å²) in [4.78, 5) is 46.1. The van der Waals surface area contributed by atoms with E-state index in [-0.39, 0.29) is 6.04 Å². The van der Waals surface area contributed by atoms with Gasteiger partial charge in [0, 0.05) is 11.1 Å². The van der Waals surface area contributed by atoms with Gasteiger partial charge in [-0.3, -0.25) is 29.1 Å². The lowest BCUT2D eigenvalue weighted by molar-refractivity contribution is -0.385. The number of halogens is 1. The molecule has 1 aromatic carbocycles. The Balaban J connectivity index is 2.26. The van der Waals surface area contributed by atoms with Crippen LogP contribution < -0.4 is 16.6 Å². The van der Waals surface area contributed by atoms with Gasteiger partial charge in [0.25, 0.3) is 17.2 Å². The number of primary amides is 1. The summed E-state index contributed by atoms with van der Waals surface area (Å²) in [7, 11) is 0. The van der Waals surface area contributed by atoms with Gasteiger partial charge in [-0.25, -0.2) is 0 Å². The zero-order chi connectivity index (χ0) is 20.1. The van der Waals surface area contributed by atoms with Crippen LogP contribution in [0.25, 0.3) is 0 Å². The van der Waals surface area contributed by atoms with Crippen molar-refractivity contribution in [2.45, 2.75) is 25.9 Å². The molecule has 0 saturated carbocycles. The van der Waals surface area contributed by atoms with Crippen LogP contribution in [0.1, 0.15) is 35.3 Å². The van der Waals surface area contributed by atoms with Gasteiger partial charge in [-0.2, -0.15) is 0 Å². The van der Waals surface area contributed by atoms with E-state index < -0.39 is 40.1 Å². The van der Waals surface area contributed by atoms with Crippen molar-refractivity contribution in [3.63, 3.8) is 0 Å². The zero-order valence-corrected chi connectivity index (χ0v) is 15.1. The molecular weight excluding hydrogens is 376 g/mol. The molecule has 0 bridgehead atoms. The van der Waals surface area contributed by atoms with E-state index in [1.807, 2.05) is 6.92 Å². The Bertz CT molecular complexity index is 939. The number of nitrogens with one attached hydrogen (secondary N) is 1. The number of nitrogens with zero attached hydrogens (tertiary/aromatic N) is 2. The van der Waals surface area contributed by atoms with Gasteiger partial charge in [-0.15, -0.1) is 0 Å². The van der Waals surface area contributed by atoms with E-state index in [0.29, 0.717) is 11.4 Å². The number of nitrogens with two attached hydrogens (primary N) is 1. The normalized spacial score (nSPS) is 11.6. The van der Waals surface area contributed by atoms with Gasteiger partial charge >= 0.3 is 0 Å². The molecule has 1 unspecified atom stereocenters. The molecule has 0 radical (unpaired) electrons. The molecule has 0 aliphatic heterocycles. The van der Waals surface area contributed by atoms with E-state index in [1.165, 1.54) is 0 Å². The van der Waals surface area contributed by atoms with Gasteiger partial charge < -0.3 is 11.1 Å². The van der Waals surface area contributed by atoms with Crippen molar-refractivity contribution in [1.82, 2.24) is 9.88 Å². The van der Waals surface area contributed by atoms with Crippen LogP contribution >= 0.6 is 11.6 Å². The van der Waals surface area contributed by atoms with Crippen molar-refractivity contribution in [3.8, 4) is 0 Å².